The number of allylic oxidation sites excluding steroid dienone is 2. The fraction of sp³-hybridized carbons (Fsp3) is 0.396. The van der Waals surface area contributed by atoms with Gasteiger partial charge in [0.25, 0.3) is 11.8 Å². The number of carbonyl (C=O) groups excluding carboxylic acids is 6. The van der Waals surface area contributed by atoms with Gasteiger partial charge >= 0.3 is 12.1 Å². The Balaban J connectivity index is 1.20. The number of carboxylic acid groups (broad SMARTS) is 1. The van der Waals surface area contributed by atoms with Crippen LogP contribution >= 0.6 is 21.6 Å². The Morgan fingerprint density at radius 1 is 0.733 bits per heavy atom. The Bertz CT molecular complexity index is 3120. The molecule has 1 atom stereocenters. The van der Waals surface area contributed by atoms with Crippen LogP contribution in [0.2, 0.25) is 0 Å². The molecular weight excluding hydrogens is 1010 g/mol. The number of anilines is 2. The SMILES string of the molecule is CCn1nc(C)cc1C(=O)Nc1nc2cc(C(N)=O)cc(OC)c2n1C/C=C/Cn1c(NC(=O)c2cc(C)nn2CC)nc2cc(C(N)=O)cc(OCCCNC(=O)CCNC(=O)OCCSSC[C@H](C)C(=O)O)c21. The zero-order chi connectivity index (χ0) is 54.3. The summed E-state index contributed by atoms with van der Waals surface area (Å²) in [4.78, 5) is 97.6. The van der Waals surface area contributed by atoms with Crippen LogP contribution in [0, 0.1) is 19.8 Å². The van der Waals surface area contributed by atoms with E-state index in [0.29, 0.717) is 64.6 Å². The first-order valence-corrected chi connectivity index (χ1v) is 26.3. The lowest BCUT2D eigenvalue weighted by Gasteiger charge is -2.13. The first kappa shape index (κ1) is 56.2. The average molecular weight is 1070 g/mol. The van der Waals surface area contributed by atoms with Crippen molar-refractivity contribution in [3.05, 3.63) is 82.5 Å². The Labute approximate surface area is 438 Å². The van der Waals surface area contributed by atoms with E-state index in [1.54, 1.807) is 63.6 Å². The fourth-order valence-corrected chi connectivity index (χ4v) is 9.71. The Morgan fingerprint density at radius 2 is 1.27 bits per heavy atom. The molecule has 0 radical (unpaired) electrons. The molecule has 9 N–H and O–H groups in total. The summed E-state index contributed by atoms with van der Waals surface area (Å²) in [6.45, 7) is 10.3. The van der Waals surface area contributed by atoms with Crippen molar-refractivity contribution >= 4 is 97.1 Å². The van der Waals surface area contributed by atoms with Gasteiger partial charge in [0, 0.05) is 68.3 Å². The fourth-order valence-electron chi connectivity index (χ4n) is 7.53. The van der Waals surface area contributed by atoms with Gasteiger partial charge in [0.05, 0.1) is 42.1 Å². The molecule has 0 saturated heterocycles. The highest BCUT2D eigenvalue weighted by Gasteiger charge is 2.24. The van der Waals surface area contributed by atoms with E-state index < -0.39 is 41.6 Å². The van der Waals surface area contributed by atoms with E-state index >= 15 is 0 Å². The van der Waals surface area contributed by atoms with Gasteiger partial charge in [0.2, 0.25) is 29.6 Å². The zero-order valence-electron chi connectivity index (χ0n) is 42.3. The number of nitrogens with one attached hydrogen (secondary N) is 4. The molecule has 25 nitrogen and oxygen atoms in total. The Morgan fingerprint density at radius 3 is 1.77 bits per heavy atom. The number of fused-ring (bicyclic) bond motifs is 2. The number of alkyl carbamates (subject to hydrolysis) is 1. The van der Waals surface area contributed by atoms with Crippen LogP contribution in [0.15, 0.2) is 48.6 Å². The monoisotopic (exact) mass is 1070 g/mol. The molecule has 0 aliphatic rings. The summed E-state index contributed by atoms with van der Waals surface area (Å²) < 4.78 is 23.6. The number of hydrogen-bond acceptors (Lipinski definition) is 16. The van der Waals surface area contributed by atoms with E-state index in [2.05, 4.69) is 36.4 Å². The topological polar surface area (TPSA) is 339 Å². The highest BCUT2D eigenvalue weighted by atomic mass is 33.1. The number of aromatic nitrogens is 8. The summed E-state index contributed by atoms with van der Waals surface area (Å²) >= 11 is 0. The van der Waals surface area contributed by atoms with Crippen molar-refractivity contribution in [2.24, 2.45) is 17.4 Å². The van der Waals surface area contributed by atoms with Crippen molar-refractivity contribution in [1.82, 2.24) is 49.3 Å². The summed E-state index contributed by atoms with van der Waals surface area (Å²) in [5, 5.41) is 28.9. The van der Waals surface area contributed by atoms with Crippen LogP contribution < -0.4 is 42.2 Å². The van der Waals surface area contributed by atoms with Crippen LogP contribution in [-0.2, 0) is 40.5 Å². The summed E-state index contributed by atoms with van der Waals surface area (Å²) in [6, 6.07) is 9.26. The number of aliphatic carboxylic acids is 1. The van der Waals surface area contributed by atoms with Crippen molar-refractivity contribution in [3.8, 4) is 11.5 Å². The van der Waals surface area contributed by atoms with E-state index in [1.807, 2.05) is 13.8 Å². The molecule has 6 rings (SSSR count). The number of carboxylic acids is 1. The number of imidazole rings is 2. The first-order valence-electron chi connectivity index (χ1n) is 23.8. The molecule has 0 aliphatic heterocycles. The van der Waals surface area contributed by atoms with Crippen LogP contribution in [-0.4, -0.2) is 130 Å². The molecule has 4 aromatic heterocycles. The maximum Gasteiger partial charge on any atom is 0.407 e. The van der Waals surface area contributed by atoms with Gasteiger partial charge in [-0.3, -0.25) is 48.8 Å². The maximum atomic E-state index is 13.9. The Kier molecular flexibility index (Phi) is 19.7. The second-order valence-electron chi connectivity index (χ2n) is 16.8. The number of amides is 6. The Hall–Kier alpha value is -8.07. The average Bonchev–Trinajstić information content (AvgIpc) is 4.15. The van der Waals surface area contributed by atoms with Gasteiger partial charge in [-0.15, -0.1) is 0 Å². The van der Waals surface area contributed by atoms with Gasteiger partial charge in [0.15, 0.2) is 0 Å². The van der Waals surface area contributed by atoms with E-state index in [1.165, 1.54) is 53.0 Å². The minimum Gasteiger partial charge on any atom is -0.494 e. The predicted octanol–water partition coefficient (Wildman–Crippen LogP) is 4.51. The third-order valence-electron chi connectivity index (χ3n) is 11.2. The van der Waals surface area contributed by atoms with Gasteiger partial charge in [-0.1, -0.05) is 40.7 Å². The number of aryl methyl sites for hydroxylation is 4. The standard InChI is InChI=1S/C48H60N14O11S2/c1-7-61-34(20-28(4)57-61)43(66)55-46-53-32-22-30(41(49)64)24-36(71-6)39(32)59(46)15-9-10-16-60-40-33(54-47(60)56-44(67)35-21-29(5)58-62(35)8-2)23-31(42(50)65)25-37(40)72-17-11-13-51-38(63)12-14-52-48(70)73-18-19-74-75-26-27(3)45(68)69/h9-10,20-25,27H,7-8,11-19,26H2,1-6H3,(H2,49,64)(H2,50,65)(H,51,63)(H,52,70)(H,68,69)(H,53,55,66)(H,54,56,67)/b10-9+/t27-/m0/s1. The lowest BCUT2D eigenvalue weighted by Crippen LogP contribution is -2.32. The smallest absolute Gasteiger partial charge is 0.407 e. The quantitative estimate of drug-likeness (QED) is 0.0202. The molecule has 0 bridgehead atoms. The molecule has 6 amide bonds. The van der Waals surface area contributed by atoms with Crippen LogP contribution in [0.3, 0.4) is 0 Å². The van der Waals surface area contributed by atoms with E-state index in [0.717, 1.165) is 0 Å². The van der Waals surface area contributed by atoms with Crippen molar-refractivity contribution in [3.63, 3.8) is 0 Å². The van der Waals surface area contributed by atoms with Crippen molar-refractivity contribution in [2.45, 2.75) is 73.6 Å². The second-order valence-corrected chi connectivity index (χ2v) is 19.4. The summed E-state index contributed by atoms with van der Waals surface area (Å²) in [6.07, 6.45) is 3.21. The van der Waals surface area contributed by atoms with E-state index in [4.69, 9.17) is 35.8 Å². The molecule has 0 unspecified atom stereocenters. The van der Waals surface area contributed by atoms with Gasteiger partial charge in [-0.05, 0) is 70.5 Å². The second kappa shape index (κ2) is 26.2. The van der Waals surface area contributed by atoms with Crippen LogP contribution in [0.5, 0.6) is 11.5 Å². The normalized spacial score (nSPS) is 11.7. The number of primary amides is 2. The van der Waals surface area contributed by atoms with Gasteiger partial charge in [-0.25, -0.2) is 14.8 Å². The summed E-state index contributed by atoms with van der Waals surface area (Å²) in [5.74, 6) is -2.50. The van der Waals surface area contributed by atoms with Crippen LogP contribution in [0.25, 0.3) is 22.1 Å². The van der Waals surface area contributed by atoms with E-state index in [-0.39, 0.29) is 97.5 Å². The molecule has 0 saturated carbocycles. The van der Waals surface area contributed by atoms with Crippen molar-refractivity contribution in [1.29, 1.82) is 0 Å². The number of ether oxygens (including phenoxy) is 3. The van der Waals surface area contributed by atoms with Gasteiger partial charge in [-0.2, -0.15) is 10.2 Å². The zero-order valence-corrected chi connectivity index (χ0v) is 43.9. The first-order chi connectivity index (χ1) is 35.9. The molecule has 400 valence electrons. The summed E-state index contributed by atoms with van der Waals surface area (Å²) in [5.41, 5.74) is 15.0. The molecule has 75 heavy (non-hydrogen) atoms. The maximum absolute atomic E-state index is 13.9. The minimum atomic E-state index is -0.873. The molecule has 27 heteroatoms. The number of carbonyl (C=O) groups is 7. The molecule has 2 aromatic carbocycles. The third kappa shape index (κ3) is 14.6. The van der Waals surface area contributed by atoms with Gasteiger partial charge in [0.1, 0.15) is 40.5 Å². The highest BCUT2D eigenvalue weighted by molar-refractivity contribution is 8.76. The van der Waals surface area contributed by atoms with Crippen LogP contribution in [0.1, 0.15) is 86.7 Å². The van der Waals surface area contributed by atoms with Crippen molar-refractivity contribution < 1.29 is 52.9 Å². The number of benzene rings is 2. The molecule has 0 aliphatic carbocycles. The van der Waals surface area contributed by atoms with E-state index in [9.17, 15) is 33.6 Å². The molecule has 6 aromatic rings. The number of rotatable bonds is 28. The lowest BCUT2D eigenvalue weighted by atomic mass is 10.1. The molecule has 0 fully saturated rings. The lowest BCUT2D eigenvalue weighted by molar-refractivity contribution is -0.140. The predicted molar refractivity (Wildman–Crippen MR) is 282 cm³/mol. The highest BCUT2D eigenvalue weighted by Crippen LogP contribution is 2.33. The molecular formula is C48H60N14O11S2. The third-order valence-corrected chi connectivity index (χ3v) is 13.8. The molecule has 4 heterocycles. The minimum absolute atomic E-state index is 0.0172. The van der Waals surface area contributed by atoms with Gasteiger partial charge < -0.3 is 50.6 Å². The number of hydrogen-bond donors (Lipinski definition) is 7. The number of nitrogens with zero attached hydrogens (tertiary/aromatic N) is 8. The number of methoxy groups -OCH3 is 1. The van der Waals surface area contributed by atoms with Crippen molar-refractivity contribution in [2.75, 3.05) is 55.6 Å². The summed E-state index contributed by atoms with van der Waals surface area (Å²) in [7, 11) is 4.21. The van der Waals surface area contributed by atoms with Crippen LogP contribution in [0.4, 0.5) is 16.7 Å². The molecule has 0 spiro atoms. The largest absolute Gasteiger partial charge is 0.494 e. The number of nitrogens with two attached hydrogens (primary N) is 2.